The molecule has 4 aromatic rings. The van der Waals surface area contributed by atoms with E-state index in [0.717, 1.165) is 17.4 Å². The van der Waals surface area contributed by atoms with Gasteiger partial charge in [0.15, 0.2) is 0 Å². The highest BCUT2D eigenvalue weighted by Gasteiger charge is 2.40. The second-order valence-corrected chi connectivity index (χ2v) is 9.51. The van der Waals surface area contributed by atoms with Crippen LogP contribution in [0.1, 0.15) is 24.8 Å². The number of aromatic nitrogens is 2. The predicted octanol–water partition coefficient (Wildman–Crippen LogP) is 5.07. The first-order valence-corrected chi connectivity index (χ1v) is 11.4. The van der Waals surface area contributed by atoms with Crippen LogP contribution in [0.3, 0.4) is 0 Å². The lowest BCUT2D eigenvalue weighted by molar-refractivity contribution is 0.291. The summed E-state index contributed by atoms with van der Waals surface area (Å²) in [5.41, 5.74) is 0.721. The molecule has 0 spiro atoms. The summed E-state index contributed by atoms with van der Waals surface area (Å²) in [5, 5.41) is 6.20. The van der Waals surface area contributed by atoms with Gasteiger partial charge >= 0.3 is 0 Å². The summed E-state index contributed by atoms with van der Waals surface area (Å²) in [6, 6.07) is 19.5. The van der Waals surface area contributed by atoms with Gasteiger partial charge in [0.25, 0.3) is 0 Å². The number of sulfonamides is 1. The largest absolute Gasteiger partial charge is 0.337 e. The minimum absolute atomic E-state index is 0.294. The Morgan fingerprint density at radius 1 is 1.03 bits per heavy atom. The molecule has 6 nitrogen and oxygen atoms in total. The van der Waals surface area contributed by atoms with Gasteiger partial charge in [-0.1, -0.05) is 65.3 Å². The molecule has 1 saturated heterocycles. The van der Waals surface area contributed by atoms with Crippen molar-refractivity contribution < 1.29 is 12.9 Å². The maximum atomic E-state index is 13.6. The normalized spacial score (nSPS) is 17.6. The van der Waals surface area contributed by atoms with E-state index < -0.39 is 16.1 Å². The molecule has 1 fully saturated rings. The zero-order chi connectivity index (χ0) is 20.7. The summed E-state index contributed by atoms with van der Waals surface area (Å²) in [6.07, 6.45) is 1.35. The van der Waals surface area contributed by atoms with Crippen LogP contribution >= 0.6 is 11.6 Å². The molecule has 0 bridgehead atoms. The predicted molar refractivity (Wildman–Crippen MR) is 115 cm³/mol. The van der Waals surface area contributed by atoms with Crippen molar-refractivity contribution in [3.8, 4) is 11.4 Å². The average Bonchev–Trinajstić information content (AvgIpc) is 3.43. The van der Waals surface area contributed by atoms with Crippen LogP contribution in [0.25, 0.3) is 22.2 Å². The molecule has 8 heteroatoms. The first-order valence-electron chi connectivity index (χ1n) is 9.63. The van der Waals surface area contributed by atoms with Gasteiger partial charge in [0, 0.05) is 22.5 Å². The zero-order valence-corrected chi connectivity index (χ0v) is 17.5. The Kier molecular flexibility index (Phi) is 4.81. The van der Waals surface area contributed by atoms with Crippen LogP contribution in [-0.2, 0) is 10.0 Å². The van der Waals surface area contributed by atoms with E-state index in [1.54, 1.807) is 30.3 Å². The summed E-state index contributed by atoms with van der Waals surface area (Å²) in [5.74, 6) is 0.688. The van der Waals surface area contributed by atoms with Gasteiger partial charge in [0.05, 0.1) is 4.90 Å². The average molecular weight is 440 g/mol. The monoisotopic (exact) mass is 439 g/mol. The fourth-order valence-corrected chi connectivity index (χ4v) is 5.99. The summed E-state index contributed by atoms with van der Waals surface area (Å²) >= 11 is 6.05. The van der Waals surface area contributed by atoms with Crippen molar-refractivity contribution in [1.82, 2.24) is 14.4 Å². The molecular weight excluding hydrogens is 422 g/mol. The molecule has 0 radical (unpaired) electrons. The van der Waals surface area contributed by atoms with Crippen LogP contribution in [0.4, 0.5) is 0 Å². The Morgan fingerprint density at radius 3 is 2.70 bits per heavy atom. The quantitative estimate of drug-likeness (QED) is 0.443. The lowest BCUT2D eigenvalue weighted by atomic mass is 10.1. The van der Waals surface area contributed by atoms with Gasteiger partial charge in [-0.05, 0) is 36.4 Å². The molecule has 2 heterocycles. The van der Waals surface area contributed by atoms with E-state index in [1.807, 2.05) is 36.4 Å². The fourth-order valence-electron chi connectivity index (χ4n) is 3.94. The topological polar surface area (TPSA) is 76.3 Å². The fraction of sp³-hybridized carbons (Fsp3) is 0.182. The van der Waals surface area contributed by atoms with Crippen molar-refractivity contribution in [2.75, 3.05) is 6.54 Å². The number of hydrogen-bond donors (Lipinski definition) is 0. The van der Waals surface area contributed by atoms with Gasteiger partial charge in [0.1, 0.15) is 6.04 Å². The van der Waals surface area contributed by atoms with E-state index in [-0.39, 0.29) is 0 Å². The Morgan fingerprint density at radius 2 is 1.83 bits per heavy atom. The summed E-state index contributed by atoms with van der Waals surface area (Å²) < 4.78 is 34.1. The van der Waals surface area contributed by atoms with Gasteiger partial charge in [-0.15, -0.1) is 0 Å². The molecule has 3 aromatic carbocycles. The van der Waals surface area contributed by atoms with Gasteiger partial charge in [-0.2, -0.15) is 9.29 Å². The SMILES string of the molecule is O=S(=O)(c1cccc2ccccc12)N1CCCC1c1nc(-c2cccc(Cl)c2)no1. The smallest absolute Gasteiger partial charge is 0.245 e. The molecule has 1 aromatic heterocycles. The molecule has 0 saturated carbocycles. The third-order valence-corrected chi connectivity index (χ3v) is 7.55. The number of benzene rings is 3. The molecule has 1 atom stereocenters. The van der Waals surface area contributed by atoms with Crippen molar-refractivity contribution in [2.45, 2.75) is 23.8 Å². The van der Waals surface area contributed by atoms with Crippen LogP contribution in [-0.4, -0.2) is 29.4 Å². The molecule has 0 amide bonds. The second kappa shape index (κ2) is 7.50. The molecule has 1 aliphatic rings. The van der Waals surface area contributed by atoms with Crippen LogP contribution in [0.5, 0.6) is 0 Å². The first kappa shape index (κ1) is 19.2. The van der Waals surface area contributed by atoms with E-state index >= 15 is 0 Å². The third kappa shape index (κ3) is 3.29. The van der Waals surface area contributed by atoms with Crippen LogP contribution < -0.4 is 0 Å². The summed E-state index contributed by atoms with van der Waals surface area (Å²) in [6.45, 7) is 0.408. The van der Waals surface area contributed by atoms with Gasteiger partial charge < -0.3 is 4.52 Å². The first-order chi connectivity index (χ1) is 14.5. The maximum Gasteiger partial charge on any atom is 0.245 e. The number of halogens is 1. The third-order valence-electron chi connectivity index (χ3n) is 5.35. The van der Waals surface area contributed by atoms with E-state index in [9.17, 15) is 8.42 Å². The highest BCUT2D eigenvalue weighted by molar-refractivity contribution is 7.89. The number of nitrogens with zero attached hydrogens (tertiary/aromatic N) is 3. The van der Waals surface area contributed by atoms with Crippen molar-refractivity contribution in [3.63, 3.8) is 0 Å². The molecule has 1 aliphatic heterocycles. The lowest BCUT2D eigenvalue weighted by Crippen LogP contribution is -2.31. The minimum Gasteiger partial charge on any atom is -0.337 e. The molecule has 0 N–H and O–H groups in total. The Labute approximate surface area is 179 Å². The van der Waals surface area contributed by atoms with E-state index in [1.165, 1.54) is 4.31 Å². The Bertz CT molecular complexity index is 1330. The maximum absolute atomic E-state index is 13.6. The Balaban J connectivity index is 1.52. The van der Waals surface area contributed by atoms with E-state index in [0.29, 0.717) is 40.0 Å². The van der Waals surface area contributed by atoms with Crippen molar-refractivity contribution in [2.24, 2.45) is 0 Å². The molecule has 0 aliphatic carbocycles. The zero-order valence-electron chi connectivity index (χ0n) is 15.9. The highest BCUT2D eigenvalue weighted by Crippen LogP contribution is 2.38. The van der Waals surface area contributed by atoms with E-state index in [4.69, 9.17) is 16.1 Å². The molecule has 30 heavy (non-hydrogen) atoms. The van der Waals surface area contributed by atoms with Crippen molar-refractivity contribution in [1.29, 1.82) is 0 Å². The lowest BCUT2D eigenvalue weighted by Gasteiger charge is -2.22. The summed E-state index contributed by atoms with van der Waals surface area (Å²) in [7, 11) is -3.74. The van der Waals surface area contributed by atoms with Crippen molar-refractivity contribution >= 4 is 32.4 Å². The van der Waals surface area contributed by atoms with Gasteiger partial charge in [-0.3, -0.25) is 0 Å². The number of rotatable bonds is 4. The highest BCUT2D eigenvalue weighted by atomic mass is 35.5. The van der Waals surface area contributed by atoms with Gasteiger partial charge in [-0.25, -0.2) is 8.42 Å². The molecule has 5 rings (SSSR count). The standard InChI is InChI=1S/C22H18ClN3O3S/c23-17-9-3-8-16(14-17)21-24-22(29-25-21)19-11-5-13-26(19)30(27,28)20-12-4-7-15-6-1-2-10-18(15)20/h1-4,6-10,12,14,19H,5,11,13H2. The van der Waals surface area contributed by atoms with Crippen molar-refractivity contribution in [3.05, 3.63) is 77.6 Å². The van der Waals surface area contributed by atoms with Crippen LogP contribution in [0.2, 0.25) is 5.02 Å². The molecular formula is C22H18ClN3O3S. The summed E-state index contributed by atoms with van der Waals surface area (Å²) in [4.78, 5) is 4.77. The van der Waals surface area contributed by atoms with Crippen LogP contribution in [0, 0.1) is 0 Å². The Hall–Kier alpha value is -2.74. The van der Waals surface area contributed by atoms with Gasteiger partial charge in [0.2, 0.25) is 21.7 Å². The second-order valence-electron chi connectivity index (χ2n) is 7.22. The van der Waals surface area contributed by atoms with E-state index in [2.05, 4.69) is 10.1 Å². The number of fused-ring (bicyclic) bond motifs is 1. The molecule has 152 valence electrons. The molecule has 1 unspecified atom stereocenters. The number of hydrogen-bond acceptors (Lipinski definition) is 5. The van der Waals surface area contributed by atoms with Crippen LogP contribution in [0.15, 0.2) is 76.1 Å². The minimum atomic E-state index is -3.74.